The number of hydrazone groups is 1. The summed E-state index contributed by atoms with van der Waals surface area (Å²) in [5.41, 5.74) is 0.235. The van der Waals surface area contributed by atoms with Gasteiger partial charge >= 0.3 is 6.03 Å². The molecule has 0 spiro atoms. The molecule has 3 aromatic rings. The topological polar surface area (TPSA) is 119 Å². The lowest BCUT2D eigenvalue weighted by molar-refractivity contribution is 0.139. The molecule has 1 aromatic carbocycles. The lowest BCUT2D eigenvalue weighted by Gasteiger charge is -2.37. The number of hydrogen-bond acceptors (Lipinski definition) is 8. The molecule has 36 heavy (non-hydrogen) atoms. The predicted molar refractivity (Wildman–Crippen MR) is 120 cm³/mol. The molecular formula is C22H19F3N10O. The van der Waals surface area contributed by atoms with Gasteiger partial charge in [-0.3, -0.25) is 0 Å². The number of nitrogens with zero attached hydrogens (tertiary/aromatic N) is 10. The van der Waals surface area contributed by atoms with E-state index >= 15 is 0 Å². The average molecular weight is 496 g/mol. The van der Waals surface area contributed by atoms with Crippen molar-refractivity contribution in [2.45, 2.75) is 12.5 Å². The molecule has 0 radical (unpaired) electrons. The monoisotopic (exact) mass is 496 g/mol. The minimum atomic E-state index is -0.721. The molecule has 0 saturated carbocycles. The molecule has 184 valence electrons. The van der Waals surface area contributed by atoms with Crippen molar-refractivity contribution in [3.8, 4) is 17.6 Å². The molecular weight excluding hydrogens is 477 g/mol. The molecule has 0 aliphatic carbocycles. The third-order valence-corrected chi connectivity index (χ3v) is 5.93. The molecule has 2 amide bonds. The number of benzene rings is 1. The molecule has 2 aliphatic rings. The molecule has 1 unspecified atom stereocenters. The molecule has 4 heterocycles. The standard InChI is InChI=1S/C22H19F3N10O/c1-32-20(29-18(11-26)31-32)19-16(25)12-27-21(30-19)33-4-6-34(7-5-33)22(36)35-17(2-3-28-35)13-8-14(23)10-15(24)9-13/h3,8-10,12,17H,2,4-7H2,1H3. The largest absolute Gasteiger partial charge is 0.341 e. The SMILES string of the molecule is Cn1nc(C#N)nc1-c1nc(N2CCN(C(=O)N3N=CCC3c3cc(F)cc(F)c3)CC2)ncc1F. The number of aromatic nitrogens is 5. The van der Waals surface area contributed by atoms with Gasteiger partial charge in [0.15, 0.2) is 11.6 Å². The predicted octanol–water partition coefficient (Wildman–Crippen LogP) is 2.24. The zero-order valence-corrected chi connectivity index (χ0v) is 19.0. The van der Waals surface area contributed by atoms with E-state index < -0.39 is 23.5 Å². The Balaban J connectivity index is 1.29. The van der Waals surface area contributed by atoms with Gasteiger partial charge in [-0.1, -0.05) is 0 Å². The van der Waals surface area contributed by atoms with Crippen LogP contribution in [-0.2, 0) is 7.05 Å². The first-order chi connectivity index (χ1) is 17.3. The number of anilines is 1. The molecule has 2 aliphatic heterocycles. The van der Waals surface area contributed by atoms with Crippen LogP contribution >= 0.6 is 0 Å². The van der Waals surface area contributed by atoms with Gasteiger partial charge in [-0.25, -0.2) is 37.6 Å². The smallest absolute Gasteiger partial charge is 0.337 e. The van der Waals surface area contributed by atoms with Crippen molar-refractivity contribution < 1.29 is 18.0 Å². The van der Waals surface area contributed by atoms with Crippen LogP contribution in [0.15, 0.2) is 29.5 Å². The van der Waals surface area contributed by atoms with Crippen molar-refractivity contribution in [3.63, 3.8) is 0 Å². The van der Waals surface area contributed by atoms with E-state index in [1.807, 2.05) is 0 Å². The van der Waals surface area contributed by atoms with Crippen LogP contribution in [0.5, 0.6) is 0 Å². The molecule has 1 atom stereocenters. The third-order valence-electron chi connectivity index (χ3n) is 5.93. The van der Waals surface area contributed by atoms with Crippen LogP contribution in [0.25, 0.3) is 11.5 Å². The highest BCUT2D eigenvalue weighted by Gasteiger charge is 2.34. The fourth-order valence-corrected chi connectivity index (χ4v) is 4.19. The lowest BCUT2D eigenvalue weighted by Crippen LogP contribution is -2.52. The summed E-state index contributed by atoms with van der Waals surface area (Å²) in [6.45, 7) is 1.31. The lowest BCUT2D eigenvalue weighted by atomic mass is 10.0. The van der Waals surface area contributed by atoms with Crippen molar-refractivity contribution in [2.24, 2.45) is 12.1 Å². The molecule has 1 saturated heterocycles. The Morgan fingerprint density at radius 1 is 1.08 bits per heavy atom. The zero-order chi connectivity index (χ0) is 25.4. The first-order valence-electron chi connectivity index (χ1n) is 11.0. The van der Waals surface area contributed by atoms with Gasteiger partial charge in [0.05, 0.1) is 12.2 Å². The number of nitriles is 1. The maximum atomic E-state index is 14.5. The Hall–Kier alpha value is -4.54. The molecule has 11 nitrogen and oxygen atoms in total. The molecule has 0 N–H and O–H groups in total. The number of amides is 2. The first-order valence-corrected chi connectivity index (χ1v) is 11.0. The normalized spacial score (nSPS) is 17.5. The summed E-state index contributed by atoms with van der Waals surface area (Å²) in [6.07, 6.45) is 2.91. The number of carbonyl (C=O) groups excluding carboxylic acids is 1. The van der Waals surface area contributed by atoms with Crippen LogP contribution in [0.4, 0.5) is 23.9 Å². The maximum Gasteiger partial charge on any atom is 0.341 e. The van der Waals surface area contributed by atoms with Gasteiger partial charge in [0.2, 0.25) is 5.95 Å². The number of urea groups is 1. The van der Waals surface area contributed by atoms with Crippen molar-refractivity contribution in [1.82, 2.24) is 34.6 Å². The number of hydrogen-bond donors (Lipinski definition) is 0. The van der Waals surface area contributed by atoms with Gasteiger partial charge in [0.25, 0.3) is 5.82 Å². The van der Waals surface area contributed by atoms with Crippen LogP contribution in [0.3, 0.4) is 0 Å². The van der Waals surface area contributed by atoms with Gasteiger partial charge in [0, 0.05) is 51.9 Å². The average Bonchev–Trinajstić information content (AvgIpc) is 3.50. The fraction of sp³-hybridized carbons (Fsp3) is 0.318. The van der Waals surface area contributed by atoms with E-state index in [0.717, 1.165) is 12.3 Å². The van der Waals surface area contributed by atoms with E-state index in [9.17, 15) is 18.0 Å². The van der Waals surface area contributed by atoms with Crippen LogP contribution in [0, 0.1) is 28.8 Å². The second-order valence-corrected chi connectivity index (χ2v) is 8.21. The quantitative estimate of drug-likeness (QED) is 0.546. The molecule has 2 aromatic heterocycles. The summed E-state index contributed by atoms with van der Waals surface area (Å²) in [6, 6.07) is 3.98. The summed E-state index contributed by atoms with van der Waals surface area (Å²) in [4.78, 5) is 28.9. The number of halogens is 3. The van der Waals surface area contributed by atoms with Crippen molar-refractivity contribution >= 4 is 18.2 Å². The highest BCUT2D eigenvalue weighted by Crippen LogP contribution is 2.30. The molecule has 0 bridgehead atoms. The highest BCUT2D eigenvalue weighted by atomic mass is 19.1. The van der Waals surface area contributed by atoms with Crippen molar-refractivity contribution in [1.29, 1.82) is 5.26 Å². The number of rotatable bonds is 3. The minimum absolute atomic E-state index is 0.0910. The van der Waals surface area contributed by atoms with E-state index in [2.05, 4.69) is 25.2 Å². The van der Waals surface area contributed by atoms with Gasteiger partial charge in [-0.15, -0.1) is 5.10 Å². The first kappa shape index (κ1) is 23.2. The summed E-state index contributed by atoms with van der Waals surface area (Å²) >= 11 is 0. The summed E-state index contributed by atoms with van der Waals surface area (Å²) in [7, 11) is 1.53. The van der Waals surface area contributed by atoms with Gasteiger partial charge in [-0.2, -0.15) is 15.3 Å². The number of piperazine rings is 1. The third kappa shape index (κ3) is 4.30. The van der Waals surface area contributed by atoms with Crippen LogP contribution in [0.1, 0.15) is 23.9 Å². The van der Waals surface area contributed by atoms with E-state index in [1.165, 1.54) is 28.9 Å². The zero-order valence-electron chi connectivity index (χ0n) is 19.0. The summed E-state index contributed by atoms with van der Waals surface area (Å²) in [5.74, 6) is -1.92. The summed E-state index contributed by atoms with van der Waals surface area (Å²) in [5, 5.41) is 18.3. The Bertz CT molecular complexity index is 1370. The Kier molecular flexibility index (Phi) is 5.96. The molecule has 14 heteroatoms. The van der Waals surface area contributed by atoms with Crippen molar-refractivity contribution in [3.05, 3.63) is 53.2 Å². The van der Waals surface area contributed by atoms with E-state index in [0.29, 0.717) is 38.2 Å². The van der Waals surface area contributed by atoms with E-state index in [4.69, 9.17) is 5.26 Å². The molecule has 5 rings (SSSR count). The Labute approximate surface area is 203 Å². The van der Waals surface area contributed by atoms with E-state index in [1.54, 1.807) is 22.1 Å². The Morgan fingerprint density at radius 3 is 2.47 bits per heavy atom. The Morgan fingerprint density at radius 2 is 1.81 bits per heavy atom. The highest BCUT2D eigenvalue weighted by molar-refractivity contribution is 5.78. The summed E-state index contributed by atoms with van der Waals surface area (Å²) < 4.78 is 43.1. The number of carbonyl (C=O) groups is 1. The van der Waals surface area contributed by atoms with Crippen LogP contribution in [-0.4, -0.2) is 73.1 Å². The second-order valence-electron chi connectivity index (χ2n) is 8.21. The second kappa shape index (κ2) is 9.25. The number of aryl methyl sites for hydroxylation is 1. The van der Waals surface area contributed by atoms with Gasteiger partial charge < -0.3 is 9.80 Å². The van der Waals surface area contributed by atoms with Crippen LogP contribution < -0.4 is 4.90 Å². The van der Waals surface area contributed by atoms with Crippen LogP contribution in [0.2, 0.25) is 0 Å². The van der Waals surface area contributed by atoms with Gasteiger partial charge in [0.1, 0.15) is 23.4 Å². The fourth-order valence-electron chi connectivity index (χ4n) is 4.19. The maximum absolute atomic E-state index is 14.5. The van der Waals surface area contributed by atoms with Crippen molar-refractivity contribution in [2.75, 3.05) is 31.1 Å². The van der Waals surface area contributed by atoms with E-state index in [-0.39, 0.29) is 29.3 Å². The molecule has 1 fully saturated rings. The minimum Gasteiger partial charge on any atom is -0.337 e. The van der Waals surface area contributed by atoms with Gasteiger partial charge in [-0.05, 0) is 17.7 Å².